The molecule has 0 spiro atoms. The maximum Gasteiger partial charge on any atom is 0.237 e. The zero-order chi connectivity index (χ0) is 14.6. The predicted octanol–water partition coefficient (Wildman–Crippen LogP) is 0.254. The summed E-state index contributed by atoms with van der Waals surface area (Å²) < 4.78 is 0. The van der Waals surface area contributed by atoms with Gasteiger partial charge in [-0.05, 0) is 67.3 Å². The van der Waals surface area contributed by atoms with E-state index >= 15 is 0 Å². The minimum atomic E-state index is -0.613. The van der Waals surface area contributed by atoms with Crippen LogP contribution in [0.3, 0.4) is 0 Å². The van der Waals surface area contributed by atoms with Crippen LogP contribution in [0.15, 0.2) is 0 Å². The molecule has 19 heavy (non-hydrogen) atoms. The zero-order valence-corrected chi connectivity index (χ0v) is 13.1. The van der Waals surface area contributed by atoms with Gasteiger partial charge in [0.1, 0.15) is 0 Å². The van der Waals surface area contributed by atoms with Gasteiger partial charge in [-0.3, -0.25) is 4.79 Å². The Morgan fingerprint density at radius 3 is 2.37 bits per heavy atom. The zero-order valence-electron chi connectivity index (χ0n) is 13.1. The number of likely N-dealkylation sites (tertiary alicyclic amines) is 1. The van der Waals surface area contributed by atoms with Gasteiger partial charge in [-0.2, -0.15) is 0 Å². The fourth-order valence-corrected chi connectivity index (χ4v) is 2.89. The van der Waals surface area contributed by atoms with Crippen molar-refractivity contribution in [3.8, 4) is 0 Å². The highest BCUT2D eigenvalue weighted by atomic mass is 16.1. The second kappa shape index (κ2) is 6.68. The number of carbonyl (C=O) groups is 1. The first kappa shape index (κ1) is 16.4. The smallest absolute Gasteiger partial charge is 0.237 e. The number of nitrogens with zero attached hydrogens (tertiary/aromatic N) is 2. The minimum Gasteiger partial charge on any atom is -0.368 e. The van der Waals surface area contributed by atoms with Crippen LogP contribution in [0.5, 0.6) is 0 Å². The second-order valence-electron chi connectivity index (χ2n) is 6.23. The van der Waals surface area contributed by atoms with Gasteiger partial charge in [-0.15, -0.1) is 0 Å². The van der Waals surface area contributed by atoms with Gasteiger partial charge in [-0.25, -0.2) is 0 Å². The first-order valence-corrected chi connectivity index (χ1v) is 7.19. The van der Waals surface area contributed by atoms with E-state index in [1.807, 2.05) is 6.92 Å². The second-order valence-corrected chi connectivity index (χ2v) is 6.23. The molecule has 5 nitrogen and oxygen atoms in total. The van der Waals surface area contributed by atoms with Crippen molar-refractivity contribution in [2.24, 2.45) is 5.73 Å². The number of piperidine rings is 1. The molecule has 1 aliphatic rings. The highest BCUT2D eigenvalue weighted by Crippen LogP contribution is 2.21. The number of primary amides is 1. The summed E-state index contributed by atoms with van der Waals surface area (Å²) in [6, 6.07) is 1.06. The molecular weight excluding hydrogens is 240 g/mol. The predicted molar refractivity (Wildman–Crippen MR) is 79.0 cm³/mol. The molecule has 1 rings (SSSR count). The Hall–Kier alpha value is -0.650. The number of amides is 1. The Bertz CT molecular complexity index is 300. The summed E-state index contributed by atoms with van der Waals surface area (Å²) in [6.07, 6.45) is 3.15. The molecule has 3 N–H and O–H groups in total. The van der Waals surface area contributed by atoms with Gasteiger partial charge < -0.3 is 20.9 Å². The molecule has 1 heterocycles. The van der Waals surface area contributed by atoms with E-state index in [-0.39, 0.29) is 5.91 Å². The van der Waals surface area contributed by atoms with Crippen LogP contribution in [-0.4, -0.2) is 67.6 Å². The van der Waals surface area contributed by atoms with Crippen molar-refractivity contribution in [3.05, 3.63) is 0 Å². The van der Waals surface area contributed by atoms with E-state index in [4.69, 9.17) is 5.73 Å². The van der Waals surface area contributed by atoms with Crippen LogP contribution in [-0.2, 0) is 4.79 Å². The van der Waals surface area contributed by atoms with E-state index in [9.17, 15) is 4.79 Å². The topological polar surface area (TPSA) is 61.6 Å². The Balaban J connectivity index is 2.51. The lowest BCUT2D eigenvalue weighted by Gasteiger charge is -2.40. The maximum absolute atomic E-state index is 11.5. The third-order valence-electron chi connectivity index (χ3n) is 4.65. The Morgan fingerprint density at radius 2 is 2.00 bits per heavy atom. The molecule has 112 valence electrons. The number of nitrogens with one attached hydrogen (secondary N) is 1. The van der Waals surface area contributed by atoms with Crippen molar-refractivity contribution < 1.29 is 4.79 Å². The summed E-state index contributed by atoms with van der Waals surface area (Å²) in [5.74, 6) is -0.273. The summed E-state index contributed by atoms with van der Waals surface area (Å²) in [7, 11) is 6.10. The van der Waals surface area contributed by atoms with Crippen LogP contribution in [0.2, 0.25) is 0 Å². The van der Waals surface area contributed by atoms with E-state index in [2.05, 4.69) is 36.1 Å². The quantitative estimate of drug-likeness (QED) is 0.726. The Labute approximate surface area is 117 Å². The molecule has 2 unspecified atom stereocenters. The van der Waals surface area contributed by atoms with E-state index in [0.717, 1.165) is 19.5 Å². The molecule has 0 aliphatic carbocycles. The third kappa shape index (κ3) is 4.16. The van der Waals surface area contributed by atoms with Crippen LogP contribution < -0.4 is 11.1 Å². The fraction of sp³-hybridized carbons (Fsp3) is 0.929. The highest BCUT2D eigenvalue weighted by Gasteiger charge is 2.33. The van der Waals surface area contributed by atoms with E-state index in [1.165, 1.54) is 12.8 Å². The minimum absolute atomic E-state index is 0.273. The van der Waals surface area contributed by atoms with Crippen LogP contribution in [0, 0.1) is 0 Å². The highest BCUT2D eigenvalue weighted by molar-refractivity contribution is 5.84. The first-order chi connectivity index (χ1) is 8.80. The average molecular weight is 270 g/mol. The number of hydrogen-bond acceptors (Lipinski definition) is 4. The summed E-state index contributed by atoms with van der Waals surface area (Å²) in [5.41, 5.74) is 4.88. The van der Waals surface area contributed by atoms with Crippen LogP contribution in [0.4, 0.5) is 0 Å². The van der Waals surface area contributed by atoms with Crippen molar-refractivity contribution in [3.63, 3.8) is 0 Å². The lowest BCUT2D eigenvalue weighted by atomic mass is 9.91. The van der Waals surface area contributed by atoms with Crippen LogP contribution in [0.1, 0.15) is 33.1 Å². The molecule has 5 heteroatoms. The molecule has 0 aromatic carbocycles. The molecule has 1 fully saturated rings. The van der Waals surface area contributed by atoms with Crippen LogP contribution >= 0.6 is 0 Å². The molecule has 0 bridgehead atoms. The Morgan fingerprint density at radius 1 is 1.47 bits per heavy atom. The molecule has 0 aromatic heterocycles. The van der Waals surface area contributed by atoms with E-state index in [1.54, 1.807) is 7.05 Å². The molecule has 1 amide bonds. The van der Waals surface area contributed by atoms with Crippen molar-refractivity contribution >= 4 is 5.91 Å². The van der Waals surface area contributed by atoms with E-state index < -0.39 is 5.54 Å². The maximum atomic E-state index is 11.5. The van der Waals surface area contributed by atoms with Crippen molar-refractivity contribution in [1.82, 2.24) is 15.1 Å². The normalized spacial score (nSPS) is 23.3. The average Bonchev–Trinajstić information content (AvgIpc) is 2.38. The standard InChI is InChI=1S/C14H30N4O/c1-11(10-14(2,16-3)13(15)19)18-8-6-12(7-9-18)17(4)5/h11-12,16H,6-10H2,1-5H3,(H2,15,19). The monoisotopic (exact) mass is 270 g/mol. The lowest BCUT2D eigenvalue weighted by Crippen LogP contribution is -2.56. The van der Waals surface area contributed by atoms with E-state index in [0.29, 0.717) is 12.1 Å². The van der Waals surface area contributed by atoms with Crippen molar-refractivity contribution in [2.45, 2.75) is 50.7 Å². The van der Waals surface area contributed by atoms with Gasteiger partial charge in [0.05, 0.1) is 5.54 Å². The van der Waals surface area contributed by atoms with Crippen molar-refractivity contribution in [2.75, 3.05) is 34.2 Å². The molecule has 0 radical (unpaired) electrons. The molecule has 2 atom stereocenters. The van der Waals surface area contributed by atoms with Gasteiger partial charge in [0, 0.05) is 12.1 Å². The van der Waals surface area contributed by atoms with Gasteiger partial charge in [-0.1, -0.05) is 0 Å². The summed E-state index contributed by atoms with van der Waals surface area (Å²) in [4.78, 5) is 16.3. The molecule has 1 saturated heterocycles. The third-order valence-corrected chi connectivity index (χ3v) is 4.65. The summed E-state index contributed by atoms with van der Waals surface area (Å²) >= 11 is 0. The Kier molecular flexibility index (Phi) is 5.77. The van der Waals surface area contributed by atoms with Gasteiger partial charge in [0.25, 0.3) is 0 Å². The fourth-order valence-electron chi connectivity index (χ4n) is 2.89. The number of likely N-dealkylation sites (N-methyl/N-ethyl adjacent to an activating group) is 1. The van der Waals surface area contributed by atoms with Gasteiger partial charge in [0.15, 0.2) is 0 Å². The summed E-state index contributed by atoms with van der Waals surface area (Å²) in [5, 5.41) is 3.07. The molecule has 1 aliphatic heterocycles. The number of hydrogen-bond donors (Lipinski definition) is 2. The van der Waals surface area contributed by atoms with Gasteiger partial charge in [0.2, 0.25) is 5.91 Å². The SMILES string of the molecule is CNC(C)(CC(C)N1CCC(N(C)C)CC1)C(N)=O. The molecule has 0 saturated carbocycles. The largest absolute Gasteiger partial charge is 0.368 e. The molecular formula is C14H30N4O. The van der Waals surface area contributed by atoms with Crippen molar-refractivity contribution in [1.29, 1.82) is 0 Å². The first-order valence-electron chi connectivity index (χ1n) is 7.19. The lowest BCUT2D eigenvalue weighted by molar-refractivity contribution is -0.124. The number of carbonyl (C=O) groups excluding carboxylic acids is 1. The molecule has 0 aromatic rings. The summed E-state index contributed by atoms with van der Waals surface area (Å²) in [6.45, 7) is 6.28. The van der Waals surface area contributed by atoms with Crippen LogP contribution in [0.25, 0.3) is 0 Å². The van der Waals surface area contributed by atoms with Gasteiger partial charge >= 0.3 is 0 Å². The number of nitrogens with two attached hydrogens (primary N) is 1. The number of rotatable bonds is 6.